The van der Waals surface area contributed by atoms with Crippen LogP contribution in [-0.2, 0) is 0 Å². The molecule has 2 fully saturated rings. The number of amides is 1. The molecule has 1 amide bonds. The van der Waals surface area contributed by atoms with Gasteiger partial charge in [-0.1, -0.05) is 18.6 Å². The van der Waals surface area contributed by atoms with Crippen molar-refractivity contribution in [1.82, 2.24) is 10.6 Å². The van der Waals surface area contributed by atoms with Crippen LogP contribution in [-0.4, -0.2) is 38.6 Å². The number of rotatable bonds is 4. The van der Waals surface area contributed by atoms with Crippen molar-refractivity contribution < 1.29 is 4.79 Å². The van der Waals surface area contributed by atoms with E-state index in [1.165, 1.54) is 12.8 Å². The van der Waals surface area contributed by atoms with Crippen LogP contribution in [0.25, 0.3) is 0 Å². The second-order valence-electron chi connectivity index (χ2n) is 7.46. The quantitative estimate of drug-likeness (QED) is 0.829. The van der Waals surface area contributed by atoms with Crippen LogP contribution in [0.5, 0.6) is 0 Å². The number of aryl methyl sites for hydroxylation is 1. The highest BCUT2D eigenvalue weighted by atomic mass is 35.5. The molecule has 6 heteroatoms. The Bertz CT molecular complexity index is 568. The molecule has 2 heterocycles. The van der Waals surface area contributed by atoms with E-state index in [-0.39, 0.29) is 36.1 Å². The summed E-state index contributed by atoms with van der Waals surface area (Å²) in [7, 11) is 0. The van der Waals surface area contributed by atoms with Crippen molar-refractivity contribution in [2.24, 2.45) is 5.41 Å². The van der Waals surface area contributed by atoms with Gasteiger partial charge in [0.1, 0.15) is 0 Å². The summed E-state index contributed by atoms with van der Waals surface area (Å²) in [6.45, 7) is 9.33. The van der Waals surface area contributed by atoms with Crippen molar-refractivity contribution in [3.63, 3.8) is 0 Å². The van der Waals surface area contributed by atoms with E-state index in [4.69, 9.17) is 0 Å². The summed E-state index contributed by atoms with van der Waals surface area (Å²) in [6, 6.07) is 6.26. The molecule has 1 aromatic rings. The minimum absolute atomic E-state index is 0. The molecule has 2 saturated heterocycles. The van der Waals surface area contributed by atoms with Crippen LogP contribution in [0.3, 0.4) is 0 Å². The van der Waals surface area contributed by atoms with Crippen LogP contribution in [0.2, 0.25) is 0 Å². The van der Waals surface area contributed by atoms with Crippen molar-refractivity contribution in [2.75, 3.05) is 37.6 Å². The zero-order chi connectivity index (χ0) is 16.3. The molecule has 0 radical (unpaired) electrons. The monoisotopic (exact) mass is 387 g/mol. The van der Waals surface area contributed by atoms with Gasteiger partial charge in [-0.15, -0.1) is 24.8 Å². The standard InChI is InChI=1S/C19H29N3O.2ClH/c1-15-5-6-17(22-11-3-4-12-22)16(13-15)18(23)21-14-19(2)7-9-20-10-8-19;;/h5-6,13,20H,3-4,7-12,14H2,1-2H3,(H,21,23);2*1H. The number of carbonyl (C=O) groups excluding carboxylic acids is 1. The highest BCUT2D eigenvalue weighted by Crippen LogP contribution is 2.28. The lowest BCUT2D eigenvalue weighted by molar-refractivity contribution is 0.0922. The number of nitrogens with one attached hydrogen (secondary N) is 2. The molecule has 0 aliphatic carbocycles. The van der Waals surface area contributed by atoms with E-state index < -0.39 is 0 Å². The zero-order valence-electron chi connectivity index (χ0n) is 15.3. The van der Waals surface area contributed by atoms with Crippen LogP contribution in [0, 0.1) is 12.3 Å². The molecule has 4 nitrogen and oxygen atoms in total. The smallest absolute Gasteiger partial charge is 0.253 e. The molecule has 2 aliphatic rings. The number of nitrogens with zero attached hydrogens (tertiary/aromatic N) is 1. The SMILES string of the molecule is Cc1ccc(N2CCCC2)c(C(=O)NCC2(C)CCNCC2)c1.Cl.Cl. The second kappa shape index (κ2) is 9.65. The molecule has 142 valence electrons. The van der Waals surface area contributed by atoms with Crippen LogP contribution in [0.4, 0.5) is 5.69 Å². The Morgan fingerprint density at radius 1 is 1.20 bits per heavy atom. The second-order valence-corrected chi connectivity index (χ2v) is 7.46. The largest absolute Gasteiger partial charge is 0.371 e. The van der Waals surface area contributed by atoms with Gasteiger partial charge < -0.3 is 15.5 Å². The minimum Gasteiger partial charge on any atom is -0.371 e. The fourth-order valence-corrected chi connectivity index (χ4v) is 3.66. The van der Waals surface area contributed by atoms with Crippen LogP contribution in [0.1, 0.15) is 48.5 Å². The lowest BCUT2D eigenvalue weighted by Gasteiger charge is -2.34. The predicted molar refractivity (Wildman–Crippen MR) is 110 cm³/mol. The van der Waals surface area contributed by atoms with Gasteiger partial charge in [0.05, 0.1) is 5.56 Å². The molecule has 0 bridgehead atoms. The molecule has 3 rings (SSSR count). The summed E-state index contributed by atoms with van der Waals surface area (Å²) in [5.74, 6) is 0.0790. The van der Waals surface area contributed by atoms with Crippen LogP contribution in [0.15, 0.2) is 18.2 Å². The Balaban J connectivity index is 0.00000156. The van der Waals surface area contributed by atoms with Crippen molar-refractivity contribution in [2.45, 2.75) is 39.5 Å². The minimum atomic E-state index is 0. The van der Waals surface area contributed by atoms with Gasteiger partial charge in [-0.05, 0) is 63.2 Å². The predicted octanol–water partition coefficient (Wildman–Crippen LogP) is 3.56. The number of benzene rings is 1. The van der Waals surface area contributed by atoms with E-state index in [1.807, 2.05) is 6.07 Å². The maximum Gasteiger partial charge on any atom is 0.253 e. The van der Waals surface area contributed by atoms with E-state index in [1.54, 1.807) is 0 Å². The normalized spacial score (nSPS) is 18.9. The lowest BCUT2D eigenvalue weighted by atomic mass is 9.81. The Morgan fingerprint density at radius 3 is 2.48 bits per heavy atom. The van der Waals surface area contributed by atoms with Gasteiger partial charge in [-0.3, -0.25) is 4.79 Å². The third kappa shape index (κ3) is 5.50. The van der Waals surface area contributed by atoms with Crippen molar-refractivity contribution >= 4 is 36.4 Å². The van der Waals surface area contributed by atoms with E-state index in [9.17, 15) is 4.79 Å². The highest BCUT2D eigenvalue weighted by Gasteiger charge is 2.28. The number of hydrogen-bond donors (Lipinski definition) is 2. The van der Waals surface area contributed by atoms with Gasteiger partial charge in [0.15, 0.2) is 0 Å². The Labute approximate surface area is 163 Å². The molecule has 25 heavy (non-hydrogen) atoms. The third-order valence-electron chi connectivity index (χ3n) is 5.33. The zero-order valence-corrected chi connectivity index (χ0v) is 16.9. The van der Waals surface area contributed by atoms with E-state index in [0.29, 0.717) is 0 Å². The van der Waals surface area contributed by atoms with Gasteiger partial charge in [0.25, 0.3) is 5.91 Å². The molecule has 0 aromatic heterocycles. The van der Waals surface area contributed by atoms with Crippen molar-refractivity contribution in [3.8, 4) is 0 Å². The number of piperidine rings is 1. The van der Waals surface area contributed by atoms with Gasteiger partial charge in [-0.2, -0.15) is 0 Å². The highest BCUT2D eigenvalue weighted by molar-refractivity contribution is 6.00. The summed E-state index contributed by atoms with van der Waals surface area (Å²) in [6.07, 6.45) is 4.69. The number of halogens is 2. The van der Waals surface area contributed by atoms with Gasteiger partial charge >= 0.3 is 0 Å². The van der Waals surface area contributed by atoms with Gasteiger partial charge in [-0.25, -0.2) is 0 Å². The fraction of sp³-hybridized carbons (Fsp3) is 0.632. The summed E-state index contributed by atoms with van der Waals surface area (Å²) in [5, 5.41) is 6.60. The van der Waals surface area contributed by atoms with Crippen LogP contribution >= 0.6 is 24.8 Å². The van der Waals surface area contributed by atoms with Gasteiger partial charge in [0, 0.05) is 25.3 Å². The summed E-state index contributed by atoms with van der Waals surface area (Å²) in [5.41, 5.74) is 3.30. The van der Waals surface area contributed by atoms with Crippen LogP contribution < -0.4 is 15.5 Å². The average Bonchev–Trinajstić information content (AvgIpc) is 3.07. The Kier molecular flexibility index (Phi) is 8.52. The molecular formula is C19H31Cl2N3O. The number of hydrogen-bond acceptors (Lipinski definition) is 3. The first kappa shape index (κ1) is 22.1. The van der Waals surface area contributed by atoms with Crippen molar-refractivity contribution in [3.05, 3.63) is 29.3 Å². The molecule has 0 spiro atoms. The first-order valence-electron chi connectivity index (χ1n) is 8.92. The summed E-state index contributed by atoms with van der Waals surface area (Å²) < 4.78 is 0. The van der Waals surface area contributed by atoms with Crippen molar-refractivity contribution in [1.29, 1.82) is 0 Å². The van der Waals surface area contributed by atoms with E-state index >= 15 is 0 Å². The molecule has 0 atom stereocenters. The maximum absolute atomic E-state index is 12.8. The third-order valence-corrected chi connectivity index (χ3v) is 5.33. The van der Waals surface area contributed by atoms with E-state index in [2.05, 4.69) is 41.5 Å². The number of carbonyl (C=O) groups is 1. The maximum atomic E-state index is 12.8. The molecular weight excluding hydrogens is 357 g/mol. The first-order valence-corrected chi connectivity index (χ1v) is 8.92. The summed E-state index contributed by atoms with van der Waals surface area (Å²) >= 11 is 0. The Morgan fingerprint density at radius 2 is 1.84 bits per heavy atom. The fourth-order valence-electron chi connectivity index (χ4n) is 3.66. The first-order chi connectivity index (χ1) is 11.1. The van der Waals surface area contributed by atoms with E-state index in [0.717, 1.165) is 62.4 Å². The lowest BCUT2D eigenvalue weighted by Crippen LogP contribution is -2.43. The molecule has 1 aromatic carbocycles. The average molecular weight is 388 g/mol. The molecule has 0 unspecified atom stereocenters. The topological polar surface area (TPSA) is 44.4 Å². The molecule has 2 aliphatic heterocycles. The number of anilines is 1. The molecule has 0 saturated carbocycles. The molecule has 2 N–H and O–H groups in total. The Hall–Kier alpha value is -0.970. The van der Waals surface area contributed by atoms with Gasteiger partial charge in [0.2, 0.25) is 0 Å². The summed E-state index contributed by atoms with van der Waals surface area (Å²) in [4.78, 5) is 15.2.